The second-order valence-corrected chi connectivity index (χ2v) is 4.87. The van der Waals surface area contributed by atoms with Crippen LogP contribution in [-0.2, 0) is 6.42 Å². The number of halogens is 5. The fourth-order valence-electron chi connectivity index (χ4n) is 1.31. The SMILES string of the molecule is FC(F)(F)Oc1ccc(CC(CBr)CBr)cc1. The Kier molecular flexibility index (Phi) is 5.79. The molecule has 0 aliphatic carbocycles. The third kappa shape index (κ3) is 5.77. The van der Waals surface area contributed by atoms with E-state index in [1.54, 1.807) is 12.1 Å². The summed E-state index contributed by atoms with van der Waals surface area (Å²) >= 11 is 6.77. The molecule has 0 unspecified atom stereocenters. The number of rotatable bonds is 5. The van der Waals surface area contributed by atoms with Crippen LogP contribution in [0.15, 0.2) is 24.3 Å². The van der Waals surface area contributed by atoms with Gasteiger partial charge in [0.25, 0.3) is 0 Å². The Bertz CT molecular complexity index is 334. The zero-order valence-corrected chi connectivity index (χ0v) is 12.0. The highest BCUT2D eigenvalue weighted by molar-refractivity contribution is 9.09. The molecule has 0 spiro atoms. The lowest BCUT2D eigenvalue weighted by atomic mass is 10.0. The number of alkyl halides is 5. The molecule has 1 aromatic rings. The smallest absolute Gasteiger partial charge is 0.406 e. The molecule has 1 aromatic carbocycles. The molecule has 17 heavy (non-hydrogen) atoms. The Morgan fingerprint density at radius 3 is 2.00 bits per heavy atom. The van der Waals surface area contributed by atoms with Crippen molar-refractivity contribution < 1.29 is 17.9 Å². The molecule has 0 N–H and O–H groups in total. The fourth-order valence-corrected chi connectivity index (χ4v) is 2.84. The highest BCUT2D eigenvalue weighted by Gasteiger charge is 2.30. The number of hydrogen-bond donors (Lipinski definition) is 0. The van der Waals surface area contributed by atoms with E-state index < -0.39 is 6.36 Å². The van der Waals surface area contributed by atoms with E-state index in [0.29, 0.717) is 5.92 Å². The second kappa shape index (κ2) is 6.64. The lowest BCUT2D eigenvalue weighted by Crippen LogP contribution is -2.17. The van der Waals surface area contributed by atoms with Crippen LogP contribution in [-0.4, -0.2) is 17.0 Å². The van der Waals surface area contributed by atoms with Gasteiger partial charge in [0.05, 0.1) is 0 Å². The zero-order chi connectivity index (χ0) is 12.9. The van der Waals surface area contributed by atoms with Crippen molar-refractivity contribution in [3.8, 4) is 5.75 Å². The Morgan fingerprint density at radius 1 is 1.06 bits per heavy atom. The van der Waals surface area contributed by atoms with Crippen molar-refractivity contribution in [3.63, 3.8) is 0 Å². The van der Waals surface area contributed by atoms with Gasteiger partial charge in [0, 0.05) is 10.7 Å². The number of benzene rings is 1. The molecular weight excluding hydrogens is 365 g/mol. The van der Waals surface area contributed by atoms with Crippen LogP contribution >= 0.6 is 31.9 Å². The molecule has 0 aliphatic rings. The van der Waals surface area contributed by atoms with Crippen molar-refractivity contribution in [3.05, 3.63) is 29.8 Å². The van der Waals surface area contributed by atoms with E-state index in [1.165, 1.54) is 12.1 Å². The van der Waals surface area contributed by atoms with Crippen molar-refractivity contribution in [2.45, 2.75) is 12.8 Å². The van der Waals surface area contributed by atoms with Gasteiger partial charge in [0.15, 0.2) is 0 Å². The van der Waals surface area contributed by atoms with Crippen LogP contribution in [0.1, 0.15) is 5.56 Å². The first-order chi connectivity index (χ1) is 7.94. The highest BCUT2D eigenvalue weighted by atomic mass is 79.9. The van der Waals surface area contributed by atoms with Crippen LogP contribution in [0.5, 0.6) is 5.75 Å². The largest absolute Gasteiger partial charge is 0.573 e. The predicted molar refractivity (Wildman–Crippen MR) is 67.9 cm³/mol. The molecule has 0 aliphatic heterocycles. The van der Waals surface area contributed by atoms with Gasteiger partial charge < -0.3 is 4.74 Å². The Hall–Kier alpha value is -0.230. The van der Waals surface area contributed by atoms with Gasteiger partial charge in [0.2, 0.25) is 0 Å². The Balaban J connectivity index is 2.62. The molecule has 1 nitrogen and oxygen atoms in total. The van der Waals surface area contributed by atoms with Crippen molar-refractivity contribution in [1.29, 1.82) is 0 Å². The monoisotopic (exact) mass is 374 g/mol. The molecule has 0 atom stereocenters. The fraction of sp³-hybridized carbons (Fsp3) is 0.455. The van der Waals surface area contributed by atoms with Gasteiger partial charge in [-0.3, -0.25) is 0 Å². The minimum absolute atomic E-state index is 0.185. The summed E-state index contributed by atoms with van der Waals surface area (Å²) in [5.74, 6) is 0.236. The summed E-state index contributed by atoms with van der Waals surface area (Å²) in [5.41, 5.74) is 0.989. The summed E-state index contributed by atoms with van der Waals surface area (Å²) in [6, 6.07) is 5.98. The van der Waals surface area contributed by atoms with Crippen LogP contribution in [0, 0.1) is 5.92 Å². The summed E-state index contributed by atoms with van der Waals surface area (Å²) in [5, 5.41) is 1.69. The maximum absolute atomic E-state index is 11.9. The topological polar surface area (TPSA) is 9.23 Å². The molecule has 6 heteroatoms. The van der Waals surface area contributed by atoms with Crippen LogP contribution in [0.3, 0.4) is 0 Å². The van der Waals surface area contributed by atoms with Crippen LogP contribution in [0.25, 0.3) is 0 Å². The molecule has 96 valence electrons. The van der Waals surface area contributed by atoms with Gasteiger partial charge in [-0.2, -0.15) is 0 Å². The second-order valence-electron chi connectivity index (χ2n) is 3.57. The Labute approximate surface area is 115 Å². The van der Waals surface area contributed by atoms with Gasteiger partial charge >= 0.3 is 6.36 Å². The van der Waals surface area contributed by atoms with Gasteiger partial charge in [-0.25, -0.2) is 0 Å². The van der Waals surface area contributed by atoms with Gasteiger partial charge in [-0.1, -0.05) is 44.0 Å². The van der Waals surface area contributed by atoms with E-state index in [2.05, 4.69) is 36.6 Å². The maximum Gasteiger partial charge on any atom is 0.573 e. The van der Waals surface area contributed by atoms with Gasteiger partial charge in [-0.15, -0.1) is 13.2 Å². The van der Waals surface area contributed by atoms with Crippen molar-refractivity contribution in [2.24, 2.45) is 5.92 Å². The maximum atomic E-state index is 11.9. The van der Waals surface area contributed by atoms with E-state index in [9.17, 15) is 13.2 Å². The minimum atomic E-state index is -4.63. The molecule has 0 amide bonds. The summed E-state index contributed by atoms with van der Waals surface area (Å²) in [4.78, 5) is 0. The molecule has 0 heterocycles. The van der Waals surface area contributed by atoms with E-state index in [-0.39, 0.29) is 5.75 Å². The first-order valence-electron chi connectivity index (χ1n) is 4.91. The quantitative estimate of drug-likeness (QED) is 0.687. The van der Waals surface area contributed by atoms with E-state index in [4.69, 9.17) is 0 Å². The van der Waals surface area contributed by atoms with E-state index >= 15 is 0 Å². The highest BCUT2D eigenvalue weighted by Crippen LogP contribution is 2.23. The molecule has 0 saturated heterocycles. The van der Waals surface area contributed by atoms with Crippen LogP contribution in [0.4, 0.5) is 13.2 Å². The standard InChI is InChI=1S/C11H11Br2F3O/c12-6-9(7-13)5-8-1-3-10(4-2-8)17-11(14,15)16/h1-4,9H,5-7H2. The van der Waals surface area contributed by atoms with E-state index in [0.717, 1.165) is 22.6 Å². The molecule has 0 bridgehead atoms. The first kappa shape index (κ1) is 14.8. The van der Waals surface area contributed by atoms with Crippen LogP contribution < -0.4 is 4.74 Å². The summed E-state index contributed by atoms with van der Waals surface area (Å²) in [6.07, 6.45) is -3.82. The minimum Gasteiger partial charge on any atom is -0.406 e. The zero-order valence-electron chi connectivity index (χ0n) is 8.81. The van der Waals surface area contributed by atoms with Crippen LogP contribution in [0.2, 0.25) is 0 Å². The van der Waals surface area contributed by atoms with Crippen molar-refractivity contribution >= 4 is 31.9 Å². The third-order valence-corrected chi connectivity index (χ3v) is 3.95. The summed E-state index contributed by atoms with van der Waals surface area (Å²) in [7, 11) is 0. The average Bonchev–Trinajstić information content (AvgIpc) is 2.26. The van der Waals surface area contributed by atoms with E-state index in [1.807, 2.05) is 0 Å². The van der Waals surface area contributed by atoms with Gasteiger partial charge in [0.1, 0.15) is 5.75 Å². The van der Waals surface area contributed by atoms with Crippen molar-refractivity contribution in [1.82, 2.24) is 0 Å². The molecule has 0 aromatic heterocycles. The third-order valence-electron chi connectivity index (χ3n) is 2.12. The Morgan fingerprint density at radius 2 is 1.59 bits per heavy atom. The van der Waals surface area contributed by atoms with Crippen molar-refractivity contribution in [2.75, 3.05) is 10.7 Å². The molecular formula is C11H11Br2F3O. The lowest BCUT2D eigenvalue weighted by molar-refractivity contribution is -0.274. The molecule has 0 radical (unpaired) electrons. The molecule has 0 saturated carbocycles. The first-order valence-corrected chi connectivity index (χ1v) is 7.15. The number of hydrogen-bond acceptors (Lipinski definition) is 1. The summed E-state index contributed by atoms with van der Waals surface area (Å²) < 4.78 is 39.6. The summed E-state index contributed by atoms with van der Waals surface area (Å²) in [6.45, 7) is 0. The molecule has 1 rings (SSSR count). The normalized spacial score (nSPS) is 11.9. The lowest BCUT2D eigenvalue weighted by Gasteiger charge is -2.12. The number of ether oxygens (including phenoxy) is 1. The molecule has 0 fully saturated rings. The predicted octanol–water partition coefficient (Wildman–Crippen LogP) is 4.53. The average molecular weight is 376 g/mol. The van der Waals surface area contributed by atoms with Gasteiger partial charge in [-0.05, 0) is 30.0 Å².